The SMILES string of the molecule is CCc1nc(C(C)C)ccc1CN1CCC(Nc2ncccn2)C1. The highest BCUT2D eigenvalue weighted by Gasteiger charge is 2.23. The largest absolute Gasteiger partial charge is 0.350 e. The van der Waals surface area contributed by atoms with E-state index in [4.69, 9.17) is 4.98 Å². The van der Waals surface area contributed by atoms with E-state index in [2.05, 4.69) is 53.1 Å². The van der Waals surface area contributed by atoms with E-state index < -0.39 is 0 Å². The van der Waals surface area contributed by atoms with Gasteiger partial charge in [0.15, 0.2) is 0 Å². The van der Waals surface area contributed by atoms with Crippen LogP contribution in [-0.4, -0.2) is 39.0 Å². The number of nitrogens with one attached hydrogen (secondary N) is 1. The molecule has 0 radical (unpaired) electrons. The first kappa shape index (κ1) is 16.8. The van der Waals surface area contributed by atoms with Crippen LogP contribution in [0, 0.1) is 0 Å². The summed E-state index contributed by atoms with van der Waals surface area (Å²) in [6.45, 7) is 9.68. The summed E-state index contributed by atoms with van der Waals surface area (Å²) in [4.78, 5) is 15.9. The molecule has 0 aliphatic carbocycles. The summed E-state index contributed by atoms with van der Waals surface area (Å²) in [7, 11) is 0. The number of hydrogen-bond acceptors (Lipinski definition) is 5. The van der Waals surface area contributed by atoms with Gasteiger partial charge >= 0.3 is 0 Å². The molecule has 128 valence electrons. The highest BCUT2D eigenvalue weighted by molar-refractivity contribution is 5.27. The number of aromatic nitrogens is 3. The molecule has 5 nitrogen and oxygen atoms in total. The van der Waals surface area contributed by atoms with Gasteiger partial charge in [-0.2, -0.15) is 0 Å². The number of aryl methyl sites for hydroxylation is 1. The zero-order valence-electron chi connectivity index (χ0n) is 14.9. The quantitative estimate of drug-likeness (QED) is 0.883. The minimum atomic E-state index is 0.417. The van der Waals surface area contributed by atoms with Gasteiger partial charge in [0, 0.05) is 49.5 Å². The average Bonchev–Trinajstić information content (AvgIpc) is 3.03. The van der Waals surface area contributed by atoms with Gasteiger partial charge in [-0.05, 0) is 36.5 Å². The van der Waals surface area contributed by atoms with Crippen molar-refractivity contribution in [3.63, 3.8) is 0 Å². The minimum Gasteiger partial charge on any atom is -0.350 e. The smallest absolute Gasteiger partial charge is 0.222 e. The molecule has 1 atom stereocenters. The van der Waals surface area contributed by atoms with Gasteiger partial charge in [0.05, 0.1) is 0 Å². The minimum absolute atomic E-state index is 0.417. The topological polar surface area (TPSA) is 53.9 Å². The van der Waals surface area contributed by atoms with Crippen molar-refractivity contribution in [2.24, 2.45) is 0 Å². The van der Waals surface area contributed by atoms with E-state index in [1.54, 1.807) is 12.4 Å². The second-order valence-corrected chi connectivity index (χ2v) is 6.79. The van der Waals surface area contributed by atoms with E-state index in [-0.39, 0.29) is 0 Å². The molecular weight excluding hydrogens is 298 g/mol. The molecule has 0 amide bonds. The predicted molar refractivity (Wildman–Crippen MR) is 97.0 cm³/mol. The summed E-state index contributed by atoms with van der Waals surface area (Å²) in [5.74, 6) is 1.21. The Hall–Kier alpha value is -2.01. The first-order valence-electron chi connectivity index (χ1n) is 8.90. The van der Waals surface area contributed by atoms with Crippen molar-refractivity contribution < 1.29 is 0 Å². The molecule has 2 aromatic rings. The lowest BCUT2D eigenvalue weighted by Gasteiger charge is -2.19. The highest BCUT2D eigenvalue weighted by atomic mass is 15.2. The van der Waals surface area contributed by atoms with Gasteiger partial charge in [-0.1, -0.05) is 26.8 Å². The number of hydrogen-bond donors (Lipinski definition) is 1. The van der Waals surface area contributed by atoms with Crippen LogP contribution in [0.2, 0.25) is 0 Å². The Morgan fingerprint density at radius 2 is 2.04 bits per heavy atom. The first-order valence-corrected chi connectivity index (χ1v) is 8.90. The van der Waals surface area contributed by atoms with E-state index in [0.29, 0.717) is 12.0 Å². The maximum Gasteiger partial charge on any atom is 0.222 e. The normalized spacial score (nSPS) is 18.2. The maximum absolute atomic E-state index is 4.86. The van der Waals surface area contributed by atoms with Crippen molar-refractivity contribution in [2.75, 3.05) is 18.4 Å². The number of nitrogens with zero attached hydrogens (tertiary/aromatic N) is 4. The number of anilines is 1. The second kappa shape index (κ2) is 7.71. The Labute approximate surface area is 144 Å². The van der Waals surface area contributed by atoms with Crippen LogP contribution >= 0.6 is 0 Å². The summed E-state index contributed by atoms with van der Waals surface area (Å²) in [6, 6.07) is 6.71. The van der Waals surface area contributed by atoms with E-state index in [0.717, 1.165) is 38.4 Å². The van der Waals surface area contributed by atoms with Gasteiger partial charge in [-0.25, -0.2) is 9.97 Å². The third-order valence-corrected chi connectivity index (χ3v) is 4.58. The third-order valence-electron chi connectivity index (χ3n) is 4.58. The van der Waals surface area contributed by atoms with Crippen LogP contribution in [0.3, 0.4) is 0 Å². The van der Waals surface area contributed by atoms with E-state index in [1.807, 2.05) is 6.07 Å². The van der Waals surface area contributed by atoms with E-state index in [9.17, 15) is 0 Å². The molecule has 0 bridgehead atoms. The highest BCUT2D eigenvalue weighted by Crippen LogP contribution is 2.20. The lowest BCUT2D eigenvalue weighted by molar-refractivity contribution is 0.327. The van der Waals surface area contributed by atoms with Crippen molar-refractivity contribution in [2.45, 2.75) is 52.1 Å². The van der Waals surface area contributed by atoms with E-state index >= 15 is 0 Å². The molecular formula is C19H27N5. The average molecular weight is 325 g/mol. The zero-order chi connectivity index (χ0) is 16.9. The summed E-state index contributed by atoms with van der Waals surface area (Å²) in [6.07, 6.45) is 5.66. The molecule has 1 fully saturated rings. The number of rotatable bonds is 6. The van der Waals surface area contributed by atoms with Crippen molar-refractivity contribution in [1.29, 1.82) is 0 Å². The van der Waals surface area contributed by atoms with Crippen LogP contribution < -0.4 is 5.32 Å². The fourth-order valence-electron chi connectivity index (χ4n) is 3.21. The Morgan fingerprint density at radius 1 is 1.25 bits per heavy atom. The van der Waals surface area contributed by atoms with Crippen LogP contribution in [0.4, 0.5) is 5.95 Å². The molecule has 3 heterocycles. The lowest BCUT2D eigenvalue weighted by atomic mass is 10.1. The molecule has 1 aliphatic heterocycles. The third kappa shape index (κ3) is 4.09. The number of likely N-dealkylation sites (tertiary alicyclic amines) is 1. The summed E-state index contributed by atoms with van der Waals surface area (Å²) >= 11 is 0. The molecule has 1 unspecified atom stereocenters. The van der Waals surface area contributed by atoms with Crippen LogP contribution in [0.15, 0.2) is 30.6 Å². The molecule has 24 heavy (non-hydrogen) atoms. The van der Waals surface area contributed by atoms with Gasteiger partial charge in [0.25, 0.3) is 0 Å². The summed E-state index contributed by atoms with van der Waals surface area (Å²) in [5.41, 5.74) is 3.79. The van der Waals surface area contributed by atoms with Crippen LogP contribution in [0.1, 0.15) is 50.1 Å². The van der Waals surface area contributed by atoms with Crippen LogP contribution in [0.25, 0.3) is 0 Å². The molecule has 1 aliphatic rings. The molecule has 0 spiro atoms. The summed E-state index contributed by atoms with van der Waals surface area (Å²) < 4.78 is 0. The van der Waals surface area contributed by atoms with Gasteiger partial charge in [-0.15, -0.1) is 0 Å². The Bertz CT molecular complexity index is 656. The monoisotopic (exact) mass is 325 g/mol. The van der Waals surface area contributed by atoms with E-state index in [1.165, 1.54) is 17.0 Å². The van der Waals surface area contributed by atoms with Gasteiger partial charge < -0.3 is 5.32 Å². The van der Waals surface area contributed by atoms with Crippen molar-refractivity contribution in [3.05, 3.63) is 47.5 Å². The Morgan fingerprint density at radius 3 is 2.75 bits per heavy atom. The molecule has 0 aromatic carbocycles. The van der Waals surface area contributed by atoms with Crippen molar-refractivity contribution in [1.82, 2.24) is 19.9 Å². The predicted octanol–water partition coefficient (Wildman–Crippen LogP) is 3.24. The molecule has 1 N–H and O–H groups in total. The van der Waals surface area contributed by atoms with Crippen molar-refractivity contribution in [3.8, 4) is 0 Å². The van der Waals surface area contributed by atoms with Crippen LogP contribution in [-0.2, 0) is 13.0 Å². The molecule has 0 saturated carbocycles. The van der Waals surface area contributed by atoms with Gasteiger partial charge in [0.1, 0.15) is 0 Å². The number of pyridine rings is 1. The lowest BCUT2D eigenvalue weighted by Crippen LogP contribution is -2.27. The van der Waals surface area contributed by atoms with Gasteiger partial charge in [-0.3, -0.25) is 9.88 Å². The fourth-order valence-corrected chi connectivity index (χ4v) is 3.21. The fraction of sp³-hybridized carbons (Fsp3) is 0.526. The maximum atomic E-state index is 4.86. The first-order chi connectivity index (χ1) is 11.7. The molecule has 3 rings (SSSR count). The Kier molecular flexibility index (Phi) is 5.41. The van der Waals surface area contributed by atoms with Gasteiger partial charge in [0.2, 0.25) is 5.95 Å². The summed E-state index contributed by atoms with van der Waals surface area (Å²) in [5, 5.41) is 3.43. The zero-order valence-corrected chi connectivity index (χ0v) is 14.9. The molecule has 2 aromatic heterocycles. The standard InChI is InChI=1S/C19H27N5/c1-4-17-15(6-7-18(23-17)14(2)3)12-24-11-8-16(13-24)22-19-20-9-5-10-21-19/h5-7,9-10,14,16H,4,8,11-13H2,1-3H3,(H,20,21,22). The van der Waals surface area contributed by atoms with Crippen LogP contribution in [0.5, 0.6) is 0 Å². The molecule has 5 heteroatoms. The van der Waals surface area contributed by atoms with Crippen molar-refractivity contribution >= 4 is 5.95 Å². The molecule has 1 saturated heterocycles. The Balaban J connectivity index is 1.61. The second-order valence-electron chi connectivity index (χ2n) is 6.79.